The van der Waals surface area contributed by atoms with Crippen molar-refractivity contribution in [3.8, 4) is 12.1 Å². The summed E-state index contributed by atoms with van der Waals surface area (Å²) in [7, 11) is 0. The van der Waals surface area contributed by atoms with Gasteiger partial charge in [-0.1, -0.05) is 26.0 Å². The number of thiazole rings is 1. The van der Waals surface area contributed by atoms with Crippen LogP contribution in [0.25, 0.3) is 10.9 Å². The molecule has 0 aliphatic heterocycles. The second kappa shape index (κ2) is 9.32. The van der Waals surface area contributed by atoms with Gasteiger partial charge in [-0.3, -0.25) is 4.98 Å². The summed E-state index contributed by atoms with van der Waals surface area (Å²) in [5.41, 5.74) is 6.61. The highest BCUT2D eigenvalue weighted by Gasteiger charge is 2.56. The van der Waals surface area contributed by atoms with E-state index in [-0.39, 0.29) is 17.0 Å². The van der Waals surface area contributed by atoms with Crippen molar-refractivity contribution in [2.45, 2.75) is 65.0 Å². The highest BCUT2D eigenvalue weighted by atomic mass is 32.1. The van der Waals surface area contributed by atoms with E-state index in [1.165, 1.54) is 19.0 Å². The molecule has 1 aromatic carbocycles. The van der Waals surface area contributed by atoms with Crippen molar-refractivity contribution in [2.75, 3.05) is 17.2 Å². The van der Waals surface area contributed by atoms with Gasteiger partial charge in [0.2, 0.25) is 0 Å². The first-order valence-corrected chi connectivity index (χ1v) is 14.2. The number of nitrogens with one attached hydrogen (secondary N) is 2. The molecule has 3 aromatic heterocycles. The Kier molecular flexibility index (Phi) is 6.04. The Labute approximate surface area is 231 Å². The van der Waals surface area contributed by atoms with Gasteiger partial charge in [0.25, 0.3) is 0 Å². The Morgan fingerprint density at radius 2 is 1.92 bits per heavy atom. The Morgan fingerprint density at radius 3 is 2.54 bits per heavy atom. The molecule has 0 spiro atoms. The quantitative estimate of drug-likeness (QED) is 0.285. The second-order valence-electron chi connectivity index (χ2n) is 11.9. The smallest absolute Gasteiger partial charge is 0.110 e. The average molecular weight is 538 g/mol. The van der Waals surface area contributed by atoms with Crippen LogP contribution in [-0.4, -0.2) is 31.5 Å². The summed E-state index contributed by atoms with van der Waals surface area (Å²) >= 11 is 1.57. The third-order valence-electron chi connectivity index (χ3n) is 7.73. The van der Waals surface area contributed by atoms with Crippen molar-refractivity contribution in [3.05, 3.63) is 57.4 Å². The number of hydrogen-bond donors (Lipinski definition) is 2. The van der Waals surface area contributed by atoms with Gasteiger partial charge in [-0.25, -0.2) is 9.67 Å². The van der Waals surface area contributed by atoms with Crippen molar-refractivity contribution in [1.82, 2.24) is 25.0 Å². The maximum absolute atomic E-state index is 10.0. The number of benzene rings is 1. The van der Waals surface area contributed by atoms with E-state index in [4.69, 9.17) is 0 Å². The van der Waals surface area contributed by atoms with Crippen molar-refractivity contribution in [3.63, 3.8) is 0 Å². The topological polar surface area (TPSA) is 128 Å². The molecule has 0 saturated heterocycles. The van der Waals surface area contributed by atoms with Crippen LogP contribution >= 0.6 is 11.3 Å². The second-order valence-corrected chi connectivity index (χ2v) is 12.8. The molecular weight excluding hydrogens is 506 g/mol. The standard InChI is InChI=1S/C29H31N9S/c1-17-27(39-16-34-17)26(23-14-38(37-36-23)29(7-8-29)20-5-6-20)35-21-9-18(11-30)24-22(10-21)25(19(12-31)13-32-24)33-15-28(2,3)4/h9-10,13-14,16,20,26,35H,5-8,15H2,1-4H3,(H,32,33). The zero-order valence-electron chi connectivity index (χ0n) is 22.6. The first-order valence-electron chi connectivity index (χ1n) is 13.3. The summed E-state index contributed by atoms with van der Waals surface area (Å²) in [6.07, 6.45) is 8.48. The molecule has 2 N–H and O–H groups in total. The monoisotopic (exact) mass is 537 g/mol. The first kappa shape index (κ1) is 25.3. The van der Waals surface area contributed by atoms with E-state index in [1.54, 1.807) is 11.3 Å². The lowest BCUT2D eigenvalue weighted by Gasteiger charge is -2.22. The van der Waals surface area contributed by atoms with Crippen LogP contribution in [0.1, 0.15) is 79.9 Å². The van der Waals surface area contributed by atoms with Crippen LogP contribution in [0.15, 0.2) is 30.0 Å². The molecular formula is C29H31N9S. The lowest BCUT2D eigenvalue weighted by molar-refractivity contribution is 0.371. The summed E-state index contributed by atoms with van der Waals surface area (Å²) < 4.78 is 2.09. The van der Waals surface area contributed by atoms with Gasteiger partial charge in [0.1, 0.15) is 23.9 Å². The molecule has 0 radical (unpaired) electrons. The number of aromatic nitrogens is 5. The molecule has 0 amide bonds. The molecule has 0 bridgehead atoms. The van der Waals surface area contributed by atoms with Crippen LogP contribution < -0.4 is 10.6 Å². The third-order valence-corrected chi connectivity index (χ3v) is 8.72. The summed E-state index contributed by atoms with van der Waals surface area (Å²) in [5.74, 6) is 0.711. The normalized spacial score (nSPS) is 16.9. The van der Waals surface area contributed by atoms with Gasteiger partial charge in [-0.2, -0.15) is 10.5 Å². The molecule has 4 aromatic rings. The number of hydrogen-bond acceptors (Lipinski definition) is 9. The third kappa shape index (κ3) is 4.70. The Morgan fingerprint density at radius 1 is 1.15 bits per heavy atom. The summed E-state index contributed by atoms with van der Waals surface area (Å²) in [4.78, 5) is 10.0. The van der Waals surface area contributed by atoms with E-state index >= 15 is 0 Å². The number of aryl methyl sites for hydroxylation is 1. The van der Waals surface area contributed by atoms with E-state index in [0.29, 0.717) is 34.8 Å². The van der Waals surface area contributed by atoms with Crippen molar-refractivity contribution in [2.24, 2.45) is 11.3 Å². The average Bonchev–Trinajstić information content (AvgIpc) is 3.83. The molecule has 10 heteroatoms. The molecule has 2 aliphatic rings. The number of rotatable bonds is 8. The van der Waals surface area contributed by atoms with Gasteiger partial charge in [0.15, 0.2) is 0 Å². The molecule has 2 aliphatic carbocycles. The number of anilines is 2. The van der Waals surface area contributed by atoms with Gasteiger partial charge in [0, 0.05) is 23.8 Å². The molecule has 9 nitrogen and oxygen atoms in total. The first-order chi connectivity index (χ1) is 18.7. The fourth-order valence-corrected chi connectivity index (χ4v) is 6.19. The van der Waals surface area contributed by atoms with Gasteiger partial charge in [0.05, 0.1) is 50.1 Å². The fraction of sp³-hybridized carbons (Fsp3) is 0.448. The van der Waals surface area contributed by atoms with Gasteiger partial charge < -0.3 is 10.6 Å². The maximum Gasteiger partial charge on any atom is 0.110 e. The van der Waals surface area contributed by atoms with Crippen LogP contribution in [0.4, 0.5) is 11.4 Å². The molecule has 1 atom stereocenters. The Balaban J connectivity index is 1.43. The van der Waals surface area contributed by atoms with E-state index in [0.717, 1.165) is 40.2 Å². The predicted octanol–water partition coefficient (Wildman–Crippen LogP) is 5.89. The van der Waals surface area contributed by atoms with Gasteiger partial charge >= 0.3 is 0 Å². The molecule has 3 heterocycles. The summed E-state index contributed by atoms with van der Waals surface area (Å²) in [6, 6.07) is 8.06. The lowest BCUT2D eigenvalue weighted by atomic mass is 9.96. The molecule has 2 fully saturated rings. The highest BCUT2D eigenvalue weighted by molar-refractivity contribution is 7.09. The predicted molar refractivity (Wildman–Crippen MR) is 151 cm³/mol. The van der Waals surface area contributed by atoms with Crippen LogP contribution in [0.2, 0.25) is 0 Å². The largest absolute Gasteiger partial charge is 0.383 e. The minimum absolute atomic E-state index is 0.00373. The van der Waals surface area contributed by atoms with Crippen molar-refractivity contribution >= 4 is 33.6 Å². The summed E-state index contributed by atoms with van der Waals surface area (Å²) in [5, 5.41) is 36.9. The molecule has 2 saturated carbocycles. The number of nitrogens with zero attached hydrogens (tertiary/aromatic N) is 7. The minimum Gasteiger partial charge on any atom is -0.383 e. The summed E-state index contributed by atoms with van der Waals surface area (Å²) in [6.45, 7) is 9.05. The van der Waals surface area contributed by atoms with Crippen LogP contribution in [0.3, 0.4) is 0 Å². The Hall–Kier alpha value is -4.02. The zero-order valence-corrected chi connectivity index (χ0v) is 23.4. The molecule has 1 unspecified atom stereocenters. The van der Waals surface area contributed by atoms with Crippen molar-refractivity contribution in [1.29, 1.82) is 10.5 Å². The molecule has 39 heavy (non-hydrogen) atoms. The number of pyridine rings is 1. The van der Waals surface area contributed by atoms with Gasteiger partial charge in [-0.05, 0) is 56.1 Å². The van der Waals surface area contributed by atoms with Crippen LogP contribution in [0.5, 0.6) is 0 Å². The zero-order chi connectivity index (χ0) is 27.4. The Bertz CT molecular complexity index is 1640. The minimum atomic E-state index is -0.289. The molecule has 198 valence electrons. The highest BCUT2D eigenvalue weighted by Crippen LogP contribution is 2.59. The lowest BCUT2D eigenvalue weighted by Crippen LogP contribution is -2.20. The fourth-order valence-electron chi connectivity index (χ4n) is 5.33. The van der Waals surface area contributed by atoms with Crippen LogP contribution in [-0.2, 0) is 5.54 Å². The van der Waals surface area contributed by atoms with Gasteiger partial charge in [-0.15, -0.1) is 16.4 Å². The molecule has 6 rings (SSSR count). The van der Waals surface area contributed by atoms with Crippen LogP contribution in [0, 0.1) is 40.9 Å². The van der Waals surface area contributed by atoms with E-state index in [9.17, 15) is 10.5 Å². The van der Waals surface area contributed by atoms with Crippen molar-refractivity contribution < 1.29 is 0 Å². The van der Waals surface area contributed by atoms with E-state index in [1.807, 2.05) is 24.6 Å². The number of nitriles is 2. The maximum atomic E-state index is 10.0. The van der Waals surface area contributed by atoms with E-state index < -0.39 is 0 Å². The number of fused-ring (bicyclic) bond motifs is 1. The SMILES string of the molecule is Cc1ncsc1C(Nc1cc(C#N)c2ncc(C#N)c(NCC(C)(C)C)c2c1)c1cn(C2(C3CC3)CC2)nn1. The van der Waals surface area contributed by atoms with E-state index in [2.05, 4.69) is 74.7 Å².